The summed E-state index contributed by atoms with van der Waals surface area (Å²) in [6.07, 6.45) is 1.83. The van der Waals surface area contributed by atoms with Crippen LogP contribution in [0.25, 0.3) is 10.9 Å². The van der Waals surface area contributed by atoms with Crippen LogP contribution in [0.3, 0.4) is 0 Å². The number of benzene rings is 1. The fraction of sp³-hybridized carbons (Fsp3) is 0.222. The number of halogens is 1. The van der Waals surface area contributed by atoms with Gasteiger partial charge in [0.15, 0.2) is 0 Å². The van der Waals surface area contributed by atoms with Crippen LogP contribution >= 0.6 is 11.6 Å². The first kappa shape index (κ1) is 9.30. The molecular weight excluding hydrogens is 202 g/mol. The number of aliphatic hydroxyl groups is 1. The van der Waals surface area contributed by atoms with Crippen LogP contribution in [0.2, 0.25) is 5.02 Å². The van der Waals surface area contributed by atoms with E-state index < -0.39 is 0 Å². The fourth-order valence-electron chi connectivity index (χ4n) is 1.33. The molecule has 1 heterocycles. The molecule has 5 heteroatoms. The van der Waals surface area contributed by atoms with Crippen molar-refractivity contribution in [1.29, 1.82) is 0 Å². The smallest absolute Gasteiger partial charge is 0.0939 e. The van der Waals surface area contributed by atoms with Crippen molar-refractivity contribution >= 4 is 28.2 Å². The van der Waals surface area contributed by atoms with E-state index in [-0.39, 0.29) is 6.61 Å². The molecule has 3 N–H and O–H groups in total. The number of nitrogens with zero attached hydrogens (tertiary/aromatic N) is 2. The number of nitrogen functional groups attached to an aromatic ring is 1. The third-order valence-corrected chi connectivity index (χ3v) is 2.33. The highest BCUT2D eigenvalue weighted by atomic mass is 35.5. The molecule has 0 amide bonds. The first-order chi connectivity index (χ1) is 6.70. The Morgan fingerprint density at radius 1 is 1.50 bits per heavy atom. The van der Waals surface area contributed by atoms with Crippen LogP contribution < -0.4 is 5.73 Å². The van der Waals surface area contributed by atoms with Gasteiger partial charge in [-0.3, -0.25) is 4.68 Å². The van der Waals surface area contributed by atoms with Crippen LogP contribution in [-0.4, -0.2) is 21.5 Å². The lowest BCUT2D eigenvalue weighted by atomic mass is 10.2. The zero-order valence-corrected chi connectivity index (χ0v) is 8.20. The normalized spacial score (nSPS) is 11.0. The van der Waals surface area contributed by atoms with Gasteiger partial charge in [-0.15, -0.1) is 0 Å². The summed E-state index contributed by atoms with van der Waals surface area (Å²) in [6, 6.07) is 3.50. The Morgan fingerprint density at radius 3 is 3.00 bits per heavy atom. The van der Waals surface area contributed by atoms with Crippen molar-refractivity contribution in [1.82, 2.24) is 9.78 Å². The molecule has 0 bridgehead atoms. The van der Waals surface area contributed by atoms with Crippen molar-refractivity contribution in [3.05, 3.63) is 23.4 Å². The monoisotopic (exact) mass is 211 g/mol. The lowest BCUT2D eigenvalue weighted by Gasteiger charge is -1.95. The van der Waals surface area contributed by atoms with Crippen LogP contribution in [0.5, 0.6) is 0 Å². The number of aliphatic hydroxyl groups excluding tert-OH is 1. The molecule has 0 saturated heterocycles. The van der Waals surface area contributed by atoms with Crippen molar-refractivity contribution in [3.63, 3.8) is 0 Å². The highest BCUT2D eigenvalue weighted by Crippen LogP contribution is 2.24. The Bertz CT molecular complexity index is 427. The molecule has 0 fully saturated rings. The number of rotatable bonds is 2. The van der Waals surface area contributed by atoms with Crippen LogP contribution in [0.15, 0.2) is 18.3 Å². The summed E-state index contributed by atoms with van der Waals surface area (Å²) in [6.45, 7) is 0.545. The molecule has 0 spiro atoms. The maximum atomic E-state index is 8.74. The number of hydrogen-bond acceptors (Lipinski definition) is 3. The number of anilines is 1. The standard InChI is InChI=1S/C9H10ClN3O/c10-7-4-9-6(3-8(7)11)5-13(12-9)1-2-14/h3-5,14H,1-2,11H2. The molecule has 0 atom stereocenters. The lowest BCUT2D eigenvalue weighted by Crippen LogP contribution is -2.01. The highest BCUT2D eigenvalue weighted by Gasteiger charge is 2.03. The first-order valence-electron chi connectivity index (χ1n) is 4.24. The van der Waals surface area contributed by atoms with Gasteiger partial charge in [-0.2, -0.15) is 5.10 Å². The van der Waals surface area contributed by atoms with Gasteiger partial charge in [0.05, 0.1) is 29.4 Å². The van der Waals surface area contributed by atoms with E-state index in [0.29, 0.717) is 17.3 Å². The first-order valence-corrected chi connectivity index (χ1v) is 4.61. The van der Waals surface area contributed by atoms with Crippen molar-refractivity contribution in [3.8, 4) is 0 Å². The largest absolute Gasteiger partial charge is 0.398 e. The molecule has 1 aromatic heterocycles. The molecule has 0 unspecified atom stereocenters. The van der Waals surface area contributed by atoms with Gasteiger partial charge in [-0.05, 0) is 12.1 Å². The van der Waals surface area contributed by atoms with Gasteiger partial charge in [0.1, 0.15) is 0 Å². The minimum atomic E-state index is 0.0667. The van der Waals surface area contributed by atoms with E-state index in [1.54, 1.807) is 16.8 Å². The van der Waals surface area contributed by atoms with Crippen LogP contribution in [0, 0.1) is 0 Å². The van der Waals surface area contributed by atoms with Gasteiger partial charge >= 0.3 is 0 Å². The van der Waals surface area contributed by atoms with Gasteiger partial charge in [0.25, 0.3) is 0 Å². The summed E-state index contributed by atoms with van der Waals surface area (Å²) in [5, 5.41) is 14.4. The number of hydrogen-bond donors (Lipinski definition) is 2. The third-order valence-electron chi connectivity index (χ3n) is 2.00. The van der Waals surface area contributed by atoms with Crippen LogP contribution in [0.1, 0.15) is 0 Å². The Kier molecular flexibility index (Phi) is 2.31. The Labute approximate surface area is 85.9 Å². The van der Waals surface area contributed by atoms with Crippen molar-refractivity contribution in [2.24, 2.45) is 0 Å². The second-order valence-corrected chi connectivity index (χ2v) is 3.46. The number of nitrogens with two attached hydrogens (primary N) is 1. The zero-order valence-electron chi connectivity index (χ0n) is 7.44. The van der Waals surface area contributed by atoms with Crippen molar-refractivity contribution < 1.29 is 5.11 Å². The molecule has 4 nitrogen and oxygen atoms in total. The van der Waals surface area contributed by atoms with E-state index in [9.17, 15) is 0 Å². The van der Waals surface area contributed by atoms with E-state index in [0.717, 1.165) is 10.9 Å². The molecule has 0 aliphatic heterocycles. The minimum Gasteiger partial charge on any atom is -0.398 e. The second kappa shape index (κ2) is 3.48. The third kappa shape index (κ3) is 1.54. The lowest BCUT2D eigenvalue weighted by molar-refractivity contribution is 0.270. The average Bonchev–Trinajstić information content (AvgIpc) is 2.48. The second-order valence-electron chi connectivity index (χ2n) is 3.05. The number of fused-ring (bicyclic) bond motifs is 1. The summed E-state index contributed by atoms with van der Waals surface area (Å²) in [7, 11) is 0. The van der Waals surface area contributed by atoms with E-state index in [2.05, 4.69) is 5.10 Å². The average molecular weight is 212 g/mol. The molecule has 0 aliphatic carbocycles. The Morgan fingerprint density at radius 2 is 2.29 bits per heavy atom. The van der Waals surface area contributed by atoms with Crippen LogP contribution in [0.4, 0.5) is 5.69 Å². The minimum absolute atomic E-state index is 0.0667. The summed E-state index contributed by atoms with van der Waals surface area (Å²) in [5.74, 6) is 0. The summed E-state index contributed by atoms with van der Waals surface area (Å²) in [5.41, 5.74) is 6.98. The number of aromatic nitrogens is 2. The molecule has 0 radical (unpaired) electrons. The Balaban J connectivity index is 2.54. The summed E-state index contributed by atoms with van der Waals surface area (Å²) < 4.78 is 1.67. The molecule has 2 aromatic rings. The zero-order chi connectivity index (χ0) is 10.1. The van der Waals surface area contributed by atoms with Gasteiger partial charge < -0.3 is 10.8 Å². The van der Waals surface area contributed by atoms with Gasteiger partial charge in [0, 0.05) is 11.6 Å². The maximum absolute atomic E-state index is 8.74. The van der Waals surface area contributed by atoms with Crippen LogP contribution in [-0.2, 0) is 6.54 Å². The van der Waals surface area contributed by atoms with E-state index in [1.807, 2.05) is 6.20 Å². The molecule has 74 valence electrons. The fourth-order valence-corrected chi connectivity index (χ4v) is 1.49. The topological polar surface area (TPSA) is 64.1 Å². The summed E-state index contributed by atoms with van der Waals surface area (Å²) in [4.78, 5) is 0. The van der Waals surface area contributed by atoms with Gasteiger partial charge in [0.2, 0.25) is 0 Å². The Hall–Kier alpha value is -1.26. The van der Waals surface area contributed by atoms with E-state index in [1.165, 1.54) is 0 Å². The summed E-state index contributed by atoms with van der Waals surface area (Å²) >= 11 is 5.85. The predicted octanol–water partition coefficient (Wildman–Crippen LogP) is 1.26. The van der Waals surface area contributed by atoms with Crippen molar-refractivity contribution in [2.75, 3.05) is 12.3 Å². The molecule has 0 saturated carbocycles. The molecule has 2 rings (SSSR count). The maximum Gasteiger partial charge on any atom is 0.0939 e. The quantitative estimate of drug-likeness (QED) is 0.736. The molecule has 14 heavy (non-hydrogen) atoms. The molecular formula is C9H10ClN3O. The highest BCUT2D eigenvalue weighted by molar-refractivity contribution is 6.33. The SMILES string of the molecule is Nc1cc2cn(CCO)nc2cc1Cl. The molecule has 1 aromatic carbocycles. The van der Waals surface area contributed by atoms with Gasteiger partial charge in [-0.25, -0.2) is 0 Å². The van der Waals surface area contributed by atoms with E-state index in [4.69, 9.17) is 22.4 Å². The van der Waals surface area contributed by atoms with Crippen molar-refractivity contribution in [2.45, 2.75) is 6.54 Å². The predicted molar refractivity (Wildman–Crippen MR) is 56.2 cm³/mol. The van der Waals surface area contributed by atoms with Gasteiger partial charge in [-0.1, -0.05) is 11.6 Å². The molecule has 0 aliphatic rings. The van der Waals surface area contributed by atoms with E-state index >= 15 is 0 Å².